The van der Waals surface area contributed by atoms with Gasteiger partial charge in [-0.2, -0.15) is 0 Å². The predicted molar refractivity (Wildman–Crippen MR) is 63.4 cm³/mol. The molecule has 0 bridgehead atoms. The summed E-state index contributed by atoms with van der Waals surface area (Å²) in [6.45, 7) is 0. The van der Waals surface area contributed by atoms with Gasteiger partial charge in [-0.15, -0.1) is 24.5 Å². The van der Waals surface area contributed by atoms with Crippen molar-refractivity contribution in [2.45, 2.75) is 12.4 Å². The maximum Gasteiger partial charge on any atom is 0.573 e. The van der Waals surface area contributed by atoms with Crippen LogP contribution >= 0.6 is 11.3 Å². The van der Waals surface area contributed by atoms with E-state index in [1.165, 1.54) is 11.3 Å². The molecule has 0 saturated carbocycles. The van der Waals surface area contributed by atoms with E-state index in [9.17, 15) is 17.6 Å². The van der Waals surface area contributed by atoms with Crippen LogP contribution < -0.4 is 10.5 Å². The van der Waals surface area contributed by atoms with Crippen molar-refractivity contribution in [3.63, 3.8) is 0 Å². The highest BCUT2D eigenvalue weighted by molar-refractivity contribution is 7.10. The largest absolute Gasteiger partial charge is 0.573 e. The molecule has 7 heteroatoms. The molecule has 0 radical (unpaired) electrons. The van der Waals surface area contributed by atoms with E-state index in [0.717, 1.165) is 18.2 Å². The molecular weight excluding hydrogens is 282 g/mol. The molecule has 1 aromatic heterocycles. The van der Waals surface area contributed by atoms with Gasteiger partial charge in [0.15, 0.2) is 0 Å². The smallest absolute Gasteiger partial charge is 0.406 e. The van der Waals surface area contributed by atoms with Crippen LogP contribution in [-0.2, 0) is 0 Å². The Morgan fingerprint density at radius 2 is 1.95 bits per heavy atom. The highest BCUT2D eigenvalue weighted by Gasteiger charge is 2.31. The zero-order valence-electron chi connectivity index (χ0n) is 9.45. The summed E-state index contributed by atoms with van der Waals surface area (Å²) in [5, 5.41) is 1.75. The van der Waals surface area contributed by atoms with Gasteiger partial charge < -0.3 is 10.5 Å². The van der Waals surface area contributed by atoms with E-state index < -0.39 is 24.0 Å². The average molecular weight is 291 g/mol. The summed E-state index contributed by atoms with van der Waals surface area (Å²) in [6.07, 6.45) is -4.82. The van der Waals surface area contributed by atoms with E-state index in [1.807, 2.05) is 0 Å². The predicted octanol–water partition coefficient (Wildman–Crippen LogP) is 3.83. The topological polar surface area (TPSA) is 35.2 Å². The van der Waals surface area contributed by atoms with Crippen LogP contribution in [0, 0.1) is 5.82 Å². The zero-order chi connectivity index (χ0) is 14.0. The normalized spacial score (nSPS) is 13.3. The molecule has 0 aliphatic heterocycles. The maximum atomic E-state index is 13.6. The Morgan fingerprint density at radius 3 is 2.53 bits per heavy atom. The van der Waals surface area contributed by atoms with Crippen LogP contribution in [0.3, 0.4) is 0 Å². The van der Waals surface area contributed by atoms with Crippen LogP contribution in [0.4, 0.5) is 17.6 Å². The molecule has 102 valence electrons. The fourth-order valence-electron chi connectivity index (χ4n) is 1.58. The van der Waals surface area contributed by atoms with E-state index in [-0.39, 0.29) is 5.56 Å². The second-order valence-corrected chi connectivity index (χ2v) is 4.70. The zero-order valence-corrected chi connectivity index (χ0v) is 10.3. The van der Waals surface area contributed by atoms with Crippen LogP contribution in [0.1, 0.15) is 16.5 Å². The van der Waals surface area contributed by atoms with Crippen molar-refractivity contribution >= 4 is 11.3 Å². The van der Waals surface area contributed by atoms with Crippen LogP contribution in [0.5, 0.6) is 5.75 Å². The molecule has 2 rings (SSSR count). The van der Waals surface area contributed by atoms with Crippen LogP contribution in [0.2, 0.25) is 0 Å². The van der Waals surface area contributed by atoms with E-state index >= 15 is 0 Å². The Bertz CT molecular complexity index is 553. The van der Waals surface area contributed by atoms with Gasteiger partial charge in [-0.3, -0.25) is 0 Å². The third-order valence-corrected chi connectivity index (χ3v) is 3.34. The second kappa shape index (κ2) is 5.18. The first-order valence-electron chi connectivity index (χ1n) is 5.21. The summed E-state index contributed by atoms with van der Waals surface area (Å²) < 4.78 is 53.7. The molecule has 1 aromatic carbocycles. The van der Waals surface area contributed by atoms with Gasteiger partial charge in [-0.25, -0.2) is 4.39 Å². The van der Waals surface area contributed by atoms with E-state index in [1.54, 1.807) is 17.5 Å². The summed E-state index contributed by atoms with van der Waals surface area (Å²) in [7, 11) is 0. The highest BCUT2D eigenvalue weighted by Crippen LogP contribution is 2.30. The minimum absolute atomic E-state index is 0.0378. The molecule has 0 aliphatic rings. The number of hydrogen-bond acceptors (Lipinski definition) is 3. The Kier molecular flexibility index (Phi) is 3.77. The highest BCUT2D eigenvalue weighted by atomic mass is 32.1. The van der Waals surface area contributed by atoms with Gasteiger partial charge in [0.1, 0.15) is 11.6 Å². The van der Waals surface area contributed by atoms with Gasteiger partial charge in [0.2, 0.25) is 0 Å². The summed E-state index contributed by atoms with van der Waals surface area (Å²) in [5.74, 6) is -1.16. The number of alkyl halides is 3. The standard InChI is InChI=1S/C12H9F4NOS/c13-9-4-3-7(18-12(14,15)16)6-8(9)11(17)10-2-1-5-19-10/h1-6,11H,17H2/t11-/m1/s1. The number of ether oxygens (including phenoxy) is 1. The average Bonchev–Trinajstić information content (AvgIpc) is 2.82. The number of rotatable bonds is 3. The maximum absolute atomic E-state index is 13.6. The van der Waals surface area contributed by atoms with Crippen molar-refractivity contribution in [3.05, 3.63) is 52.0 Å². The molecule has 0 saturated heterocycles. The van der Waals surface area contributed by atoms with Crippen molar-refractivity contribution in [2.75, 3.05) is 0 Å². The van der Waals surface area contributed by atoms with Gasteiger partial charge in [0.25, 0.3) is 0 Å². The third-order valence-electron chi connectivity index (χ3n) is 2.39. The van der Waals surface area contributed by atoms with Crippen LogP contribution in [-0.4, -0.2) is 6.36 Å². The lowest BCUT2D eigenvalue weighted by Gasteiger charge is -2.14. The molecule has 2 aromatic rings. The lowest BCUT2D eigenvalue weighted by Crippen LogP contribution is -2.18. The van der Waals surface area contributed by atoms with Gasteiger partial charge in [0.05, 0.1) is 6.04 Å². The Balaban J connectivity index is 2.32. The fourth-order valence-corrected chi connectivity index (χ4v) is 2.32. The summed E-state index contributed by atoms with van der Waals surface area (Å²) in [4.78, 5) is 0.656. The van der Waals surface area contributed by atoms with Crippen molar-refractivity contribution in [2.24, 2.45) is 5.73 Å². The monoisotopic (exact) mass is 291 g/mol. The molecule has 1 atom stereocenters. The number of halogens is 4. The summed E-state index contributed by atoms with van der Waals surface area (Å²) >= 11 is 1.30. The van der Waals surface area contributed by atoms with E-state index in [2.05, 4.69) is 4.74 Å². The van der Waals surface area contributed by atoms with Crippen molar-refractivity contribution in [1.29, 1.82) is 0 Å². The first-order chi connectivity index (χ1) is 8.87. The van der Waals surface area contributed by atoms with Gasteiger partial charge in [-0.1, -0.05) is 6.07 Å². The molecule has 0 aliphatic carbocycles. The lowest BCUT2D eigenvalue weighted by molar-refractivity contribution is -0.274. The minimum Gasteiger partial charge on any atom is -0.406 e. The number of thiophene rings is 1. The molecule has 0 unspecified atom stereocenters. The quantitative estimate of drug-likeness (QED) is 0.872. The minimum atomic E-state index is -4.82. The molecular formula is C12H9F4NOS. The number of hydrogen-bond donors (Lipinski definition) is 1. The van der Waals surface area contributed by atoms with Crippen molar-refractivity contribution in [3.8, 4) is 5.75 Å². The SMILES string of the molecule is N[C@@H](c1cccs1)c1cc(OC(F)(F)F)ccc1F. The Morgan fingerprint density at radius 1 is 1.21 bits per heavy atom. The first kappa shape index (κ1) is 13.8. The van der Waals surface area contributed by atoms with Crippen molar-refractivity contribution in [1.82, 2.24) is 0 Å². The number of benzene rings is 1. The third kappa shape index (κ3) is 3.45. The van der Waals surface area contributed by atoms with Crippen LogP contribution in [0.15, 0.2) is 35.7 Å². The van der Waals surface area contributed by atoms with Crippen LogP contribution in [0.25, 0.3) is 0 Å². The molecule has 0 fully saturated rings. The second-order valence-electron chi connectivity index (χ2n) is 3.72. The fraction of sp³-hybridized carbons (Fsp3) is 0.167. The Hall–Kier alpha value is -1.60. The molecule has 2 nitrogen and oxygen atoms in total. The molecule has 1 heterocycles. The van der Waals surface area contributed by atoms with Gasteiger partial charge >= 0.3 is 6.36 Å². The van der Waals surface area contributed by atoms with E-state index in [4.69, 9.17) is 5.73 Å². The Labute approximate surface area is 110 Å². The molecule has 0 amide bonds. The van der Waals surface area contributed by atoms with E-state index in [0.29, 0.717) is 4.88 Å². The lowest BCUT2D eigenvalue weighted by atomic mass is 10.1. The molecule has 19 heavy (non-hydrogen) atoms. The number of nitrogens with two attached hydrogens (primary N) is 1. The van der Waals surface area contributed by atoms with Crippen molar-refractivity contribution < 1.29 is 22.3 Å². The first-order valence-corrected chi connectivity index (χ1v) is 6.09. The van der Waals surface area contributed by atoms with Gasteiger partial charge in [0, 0.05) is 10.4 Å². The summed E-state index contributed by atoms with van der Waals surface area (Å²) in [6, 6.07) is 5.38. The summed E-state index contributed by atoms with van der Waals surface area (Å²) in [5.41, 5.74) is 5.79. The molecule has 2 N–H and O–H groups in total. The van der Waals surface area contributed by atoms with Gasteiger partial charge in [-0.05, 0) is 29.6 Å². The molecule has 0 spiro atoms.